The Labute approximate surface area is 132 Å². The van der Waals surface area contributed by atoms with Crippen LogP contribution in [-0.4, -0.2) is 27.6 Å². The second-order valence-corrected chi connectivity index (χ2v) is 6.94. The van der Waals surface area contributed by atoms with Gasteiger partial charge < -0.3 is 15.0 Å². The number of anilines is 1. The van der Waals surface area contributed by atoms with Crippen molar-refractivity contribution in [2.45, 2.75) is 11.4 Å². The fraction of sp³-hybridized carbons (Fsp3) is 0.231. The molecule has 0 saturated carbocycles. The molecule has 0 fully saturated rings. The summed E-state index contributed by atoms with van der Waals surface area (Å²) in [5.41, 5.74) is 1.17. The number of aromatic nitrogens is 1. The van der Waals surface area contributed by atoms with Gasteiger partial charge in [-0.1, -0.05) is 15.9 Å². The summed E-state index contributed by atoms with van der Waals surface area (Å²) in [7, 11) is -0.390. The quantitative estimate of drug-likeness (QED) is 0.725. The lowest BCUT2D eigenvalue weighted by atomic mass is 10.3. The lowest BCUT2D eigenvalue weighted by molar-refractivity contribution is 0.417. The highest BCUT2D eigenvalue weighted by Crippen LogP contribution is 2.30. The molecule has 8 heteroatoms. The van der Waals surface area contributed by atoms with Crippen LogP contribution < -0.4 is 14.8 Å². The smallest absolute Gasteiger partial charge is 0.263 e. The lowest BCUT2D eigenvalue weighted by Crippen LogP contribution is -2.13. The summed E-state index contributed by atoms with van der Waals surface area (Å²) in [6.07, 6.45) is 1.46. The topological polar surface area (TPSA) is 83.2 Å². The van der Waals surface area contributed by atoms with Crippen LogP contribution in [0.4, 0.5) is 5.69 Å². The highest BCUT2D eigenvalue weighted by molar-refractivity contribution is 9.10. The molecule has 0 aliphatic rings. The van der Waals surface area contributed by atoms with Crippen molar-refractivity contribution < 1.29 is 13.2 Å². The molecular formula is C13H16BrN3O3S. The molecule has 2 aromatic rings. The van der Waals surface area contributed by atoms with E-state index in [1.54, 1.807) is 31.3 Å². The van der Waals surface area contributed by atoms with Crippen LogP contribution in [0.5, 0.6) is 5.75 Å². The van der Waals surface area contributed by atoms with Gasteiger partial charge in [-0.05, 0) is 31.3 Å². The molecule has 2 rings (SSSR count). The van der Waals surface area contributed by atoms with Crippen molar-refractivity contribution >= 4 is 31.6 Å². The summed E-state index contributed by atoms with van der Waals surface area (Å²) >= 11 is 3.31. The van der Waals surface area contributed by atoms with Crippen molar-refractivity contribution in [3.05, 3.63) is 40.6 Å². The van der Waals surface area contributed by atoms with Crippen LogP contribution in [0.1, 0.15) is 5.69 Å². The Bertz CT molecular complexity index is 728. The standard InChI is InChI=1S/C13H16BrN3O3S/c1-15-7-10-6-11(8-16-10)21(18,19)17-12-5-9(14)3-4-13(12)20-2/h3-6,8,15-17H,7H2,1-2H3. The van der Waals surface area contributed by atoms with Crippen LogP contribution in [0.25, 0.3) is 0 Å². The van der Waals surface area contributed by atoms with Gasteiger partial charge in [0, 0.05) is 22.9 Å². The maximum absolute atomic E-state index is 12.4. The Balaban J connectivity index is 2.30. The summed E-state index contributed by atoms with van der Waals surface area (Å²) < 4.78 is 33.2. The van der Waals surface area contributed by atoms with Crippen LogP contribution >= 0.6 is 15.9 Å². The lowest BCUT2D eigenvalue weighted by Gasteiger charge is -2.11. The zero-order chi connectivity index (χ0) is 15.5. The number of ether oxygens (including phenoxy) is 1. The van der Waals surface area contributed by atoms with Crippen LogP contribution in [0.2, 0.25) is 0 Å². The van der Waals surface area contributed by atoms with E-state index in [9.17, 15) is 8.42 Å². The third-order valence-electron chi connectivity index (χ3n) is 2.80. The zero-order valence-electron chi connectivity index (χ0n) is 11.6. The van der Waals surface area contributed by atoms with Gasteiger partial charge in [-0.2, -0.15) is 0 Å². The molecule has 0 spiro atoms. The Morgan fingerprint density at radius 3 is 2.76 bits per heavy atom. The molecule has 0 aliphatic heterocycles. The number of hydrogen-bond acceptors (Lipinski definition) is 4. The number of aromatic amines is 1. The van der Waals surface area contributed by atoms with Crippen molar-refractivity contribution in [3.63, 3.8) is 0 Å². The van der Waals surface area contributed by atoms with Crippen molar-refractivity contribution in [3.8, 4) is 5.75 Å². The van der Waals surface area contributed by atoms with Crippen molar-refractivity contribution in [2.24, 2.45) is 0 Å². The van der Waals surface area contributed by atoms with Gasteiger partial charge in [0.15, 0.2) is 0 Å². The van der Waals surface area contributed by atoms with Crippen molar-refractivity contribution in [1.29, 1.82) is 0 Å². The van der Waals surface area contributed by atoms with Gasteiger partial charge in [0.25, 0.3) is 10.0 Å². The molecular weight excluding hydrogens is 358 g/mol. The van der Waals surface area contributed by atoms with E-state index in [2.05, 4.69) is 31.0 Å². The third-order valence-corrected chi connectivity index (χ3v) is 4.64. The Kier molecular flexibility index (Phi) is 4.92. The van der Waals surface area contributed by atoms with E-state index in [0.29, 0.717) is 18.0 Å². The largest absolute Gasteiger partial charge is 0.495 e. The highest BCUT2D eigenvalue weighted by Gasteiger charge is 2.18. The van der Waals surface area contributed by atoms with Gasteiger partial charge in [0.1, 0.15) is 10.6 Å². The predicted octanol–water partition coefficient (Wildman–Crippen LogP) is 2.31. The number of halogens is 1. The van der Waals surface area contributed by atoms with Gasteiger partial charge in [-0.3, -0.25) is 4.72 Å². The Morgan fingerprint density at radius 2 is 2.10 bits per heavy atom. The summed E-state index contributed by atoms with van der Waals surface area (Å²) in [5.74, 6) is 0.452. The van der Waals surface area contributed by atoms with Gasteiger partial charge in [0.05, 0.1) is 12.8 Å². The average molecular weight is 374 g/mol. The van der Waals surface area contributed by atoms with Gasteiger partial charge in [-0.25, -0.2) is 8.42 Å². The molecule has 0 bridgehead atoms. The minimum atomic E-state index is -3.67. The minimum Gasteiger partial charge on any atom is -0.495 e. The van der Waals surface area contributed by atoms with E-state index in [1.807, 2.05) is 0 Å². The number of nitrogens with one attached hydrogen (secondary N) is 3. The first-order valence-electron chi connectivity index (χ1n) is 6.14. The molecule has 21 heavy (non-hydrogen) atoms. The van der Waals surface area contributed by atoms with Crippen molar-refractivity contribution in [1.82, 2.24) is 10.3 Å². The molecule has 0 saturated heterocycles. The molecule has 0 unspecified atom stereocenters. The van der Waals surface area contributed by atoms with Gasteiger partial charge >= 0.3 is 0 Å². The summed E-state index contributed by atoms with van der Waals surface area (Å²) in [5, 5.41) is 2.95. The Hall–Kier alpha value is -1.51. The highest BCUT2D eigenvalue weighted by atomic mass is 79.9. The maximum Gasteiger partial charge on any atom is 0.263 e. The molecule has 0 aliphatic carbocycles. The van der Waals surface area contributed by atoms with Crippen LogP contribution in [0.3, 0.4) is 0 Å². The van der Waals surface area contributed by atoms with Crippen LogP contribution in [-0.2, 0) is 16.6 Å². The molecule has 1 aromatic heterocycles. The fourth-order valence-electron chi connectivity index (χ4n) is 1.83. The minimum absolute atomic E-state index is 0.176. The normalized spacial score (nSPS) is 11.4. The van der Waals surface area contributed by atoms with E-state index in [1.165, 1.54) is 13.3 Å². The van der Waals surface area contributed by atoms with Crippen molar-refractivity contribution in [2.75, 3.05) is 18.9 Å². The number of benzene rings is 1. The molecule has 0 radical (unpaired) electrons. The van der Waals surface area contributed by atoms with Crippen LogP contribution in [0, 0.1) is 0 Å². The van der Waals surface area contributed by atoms with Gasteiger partial charge in [0.2, 0.25) is 0 Å². The monoisotopic (exact) mass is 373 g/mol. The number of sulfonamides is 1. The Morgan fingerprint density at radius 1 is 1.33 bits per heavy atom. The van der Waals surface area contributed by atoms with E-state index in [-0.39, 0.29) is 4.90 Å². The summed E-state index contributed by atoms with van der Waals surface area (Å²) in [4.78, 5) is 3.09. The predicted molar refractivity (Wildman–Crippen MR) is 85.1 cm³/mol. The fourth-order valence-corrected chi connectivity index (χ4v) is 3.27. The van der Waals surface area contributed by atoms with Crippen LogP contribution in [0.15, 0.2) is 39.8 Å². The number of rotatable bonds is 6. The first-order chi connectivity index (χ1) is 9.96. The zero-order valence-corrected chi connectivity index (χ0v) is 14.0. The molecule has 3 N–H and O–H groups in total. The molecule has 6 nitrogen and oxygen atoms in total. The summed E-state index contributed by atoms with van der Waals surface area (Å²) in [6, 6.07) is 6.70. The van der Waals surface area contributed by atoms with Gasteiger partial charge in [-0.15, -0.1) is 0 Å². The SMILES string of the molecule is CNCc1cc(S(=O)(=O)Nc2cc(Br)ccc2OC)c[nH]1. The van der Waals surface area contributed by atoms with E-state index < -0.39 is 10.0 Å². The molecule has 1 aromatic carbocycles. The second kappa shape index (κ2) is 6.50. The maximum atomic E-state index is 12.4. The molecule has 0 amide bonds. The first-order valence-corrected chi connectivity index (χ1v) is 8.42. The van der Waals surface area contributed by atoms with E-state index in [4.69, 9.17) is 4.74 Å². The number of hydrogen-bond donors (Lipinski definition) is 3. The molecule has 1 heterocycles. The first kappa shape index (κ1) is 15.9. The number of H-pyrrole nitrogens is 1. The van der Waals surface area contributed by atoms with E-state index in [0.717, 1.165) is 10.2 Å². The summed E-state index contributed by atoms with van der Waals surface area (Å²) in [6.45, 7) is 0.565. The second-order valence-electron chi connectivity index (χ2n) is 4.34. The average Bonchev–Trinajstić information content (AvgIpc) is 2.88. The number of methoxy groups -OCH3 is 1. The molecule has 114 valence electrons. The van der Waals surface area contributed by atoms with E-state index >= 15 is 0 Å². The molecule has 0 atom stereocenters. The third kappa shape index (κ3) is 3.78.